The number of nitrogens with one attached hydrogen (secondary N) is 2. The van der Waals surface area contributed by atoms with E-state index in [0.29, 0.717) is 17.1 Å². The average molecular weight is 333 g/mol. The van der Waals surface area contributed by atoms with E-state index in [1.165, 1.54) is 0 Å². The van der Waals surface area contributed by atoms with Gasteiger partial charge in [0.1, 0.15) is 6.61 Å². The van der Waals surface area contributed by atoms with Gasteiger partial charge >= 0.3 is 6.09 Å². The molecule has 120 valence electrons. The van der Waals surface area contributed by atoms with Crippen LogP contribution in [0.3, 0.4) is 0 Å². The van der Waals surface area contributed by atoms with E-state index in [2.05, 4.69) is 10.6 Å². The first-order chi connectivity index (χ1) is 11.1. The summed E-state index contributed by atoms with van der Waals surface area (Å²) < 4.78 is 5.06. The van der Waals surface area contributed by atoms with Crippen molar-refractivity contribution in [1.82, 2.24) is 10.6 Å². The molecule has 0 fully saturated rings. The van der Waals surface area contributed by atoms with Gasteiger partial charge in [0.05, 0.1) is 0 Å². The number of hydrogen-bond donors (Lipinski definition) is 2. The summed E-state index contributed by atoms with van der Waals surface area (Å²) in [5.41, 5.74) is 1.39. The normalized spacial score (nSPS) is 9.96. The number of ether oxygens (including phenoxy) is 1. The average Bonchev–Trinajstić information content (AvgIpc) is 2.57. The van der Waals surface area contributed by atoms with Crippen LogP contribution in [-0.2, 0) is 11.3 Å². The lowest BCUT2D eigenvalue weighted by Gasteiger charge is -2.08. The molecule has 2 rings (SSSR count). The van der Waals surface area contributed by atoms with Crippen molar-refractivity contribution in [3.8, 4) is 0 Å². The third-order valence-electron chi connectivity index (χ3n) is 2.98. The Kier molecular flexibility index (Phi) is 6.44. The van der Waals surface area contributed by atoms with Crippen LogP contribution in [0.25, 0.3) is 0 Å². The van der Waals surface area contributed by atoms with Crippen LogP contribution in [0.5, 0.6) is 0 Å². The molecule has 0 saturated carbocycles. The molecule has 0 atom stereocenters. The number of amides is 2. The van der Waals surface area contributed by atoms with Crippen molar-refractivity contribution in [2.75, 3.05) is 13.1 Å². The minimum absolute atomic E-state index is 0.210. The molecular formula is C17H17ClN2O3. The van der Waals surface area contributed by atoms with Crippen molar-refractivity contribution >= 4 is 23.6 Å². The fourth-order valence-electron chi connectivity index (χ4n) is 1.85. The molecule has 2 aromatic rings. The lowest BCUT2D eigenvalue weighted by molar-refractivity contribution is 0.0951. The van der Waals surface area contributed by atoms with Crippen LogP contribution in [0.15, 0.2) is 54.6 Å². The monoisotopic (exact) mass is 332 g/mol. The summed E-state index contributed by atoms with van der Waals surface area (Å²) in [7, 11) is 0. The van der Waals surface area contributed by atoms with E-state index >= 15 is 0 Å². The fraction of sp³-hybridized carbons (Fsp3) is 0.176. The Bertz CT molecular complexity index is 662. The molecule has 23 heavy (non-hydrogen) atoms. The Morgan fingerprint density at radius 3 is 2.43 bits per heavy atom. The highest BCUT2D eigenvalue weighted by Crippen LogP contribution is 2.10. The second-order valence-corrected chi connectivity index (χ2v) is 5.19. The fourth-order valence-corrected chi connectivity index (χ4v) is 2.04. The van der Waals surface area contributed by atoms with Crippen molar-refractivity contribution in [3.63, 3.8) is 0 Å². The van der Waals surface area contributed by atoms with E-state index in [9.17, 15) is 9.59 Å². The Labute approximate surface area is 139 Å². The van der Waals surface area contributed by atoms with Gasteiger partial charge in [-0.05, 0) is 23.8 Å². The SMILES string of the molecule is O=C(NCCNC(=O)c1cccc(Cl)c1)OCc1ccccc1. The van der Waals surface area contributed by atoms with Crippen LogP contribution in [-0.4, -0.2) is 25.1 Å². The second-order valence-electron chi connectivity index (χ2n) is 4.75. The van der Waals surface area contributed by atoms with Crippen molar-refractivity contribution in [2.24, 2.45) is 0 Å². The molecule has 0 aromatic heterocycles. The molecule has 2 N–H and O–H groups in total. The van der Waals surface area contributed by atoms with E-state index in [1.807, 2.05) is 30.3 Å². The number of alkyl carbamates (subject to hydrolysis) is 1. The summed E-state index contributed by atoms with van der Waals surface area (Å²) in [5.74, 6) is -0.244. The van der Waals surface area contributed by atoms with E-state index in [1.54, 1.807) is 24.3 Å². The number of rotatable bonds is 6. The van der Waals surface area contributed by atoms with Gasteiger partial charge in [0.2, 0.25) is 0 Å². The van der Waals surface area contributed by atoms with E-state index in [-0.39, 0.29) is 19.1 Å². The highest BCUT2D eigenvalue weighted by molar-refractivity contribution is 6.30. The van der Waals surface area contributed by atoms with Crippen molar-refractivity contribution in [1.29, 1.82) is 0 Å². The number of carbonyl (C=O) groups is 2. The summed E-state index contributed by atoms with van der Waals surface area (Å²) in [5, 5.41) is 5.76. The van der Waals surface area contributed by atoms with Gasteiger partial charge in [0, 0.05) is 23.7 Å². The Hall–Kier alpha value is -2.53. The lowest BCUT2D eigenvalue weighted by Crippen LogP contribution is -2.34. The molecule has 0 radical (unpaired) electrons. The van der Waals surface area contributed by atoms with Crippen molar-refractivity contribution < 1.29 is 14.3 Å². The summed E-state index contributed by atoms with van der Waals surface area (Å²) >= 11 is 5.82. The molecule has 6 heteroatoms. The molecule has 5 nitrogen and oxygen atoms in total. The predicted molar refractivity (Wildman–Crippen MR) is 88.4 cm³/mol. The van der Waals surface area contributed by atoms with Gasteiger partial charge in [-0.3, -0.25) is 4.79 Å². The van der Waals surface area contributed by atoms with Crippen molar-refractivity contribution in [2.45, 2.75) is 6.61 Å². The van der Waals surface area contributed by atoms with Gasteiger partial charge in [0.25, 0.3) is 5.91 Å². The molecule has 0 aliphatic heterocycles. The molecular weight excluding hydrogens is 316 g/mol. The van der Waals surface area contributed by atoms with Gasteiger partial charge in [-0.2, -0.15) is 0 Å². The molecule has 0 bridgehead atoms. The van der Waals surface area contributed by atoms with Crippen molar-refractivity contribution in [3.05, 3.63) is 70.7 Å². The standard InChI is InChI=1S/C17H17ClN2O3/c18-15-8-4-7-14(11-15)16(21)19-9-10-20-17(22)23-12-13-5-2-1-3-6-13/h1-8,11H,9-10,12H2,(H,19,21)(H,20,22). The lowest BCUT2D eigenvalue weighted by atomic mass is 10.2. The van der Waals surface area contributed by atoms with Crippen LogP contribution in [0.4, 0.5) is 4.79 Å². The molecule has 0 aliphatic carbocycles. The number of carbonyl (C=O) groups excluding carboxylic acids is 2. The summed E-state index contributed by atoms with van der Waals surface area (Å²) in [6.07, 6.45) is -0.522. The summed E-state index contributed by atoms with van der Waals surface area (Å²) in [6.45, 7) is 0.785. The molecule has 0 heterocycles. The molecule has 0 unspecified atom stereocenters. The minimum atomic E-state index is -0.522. The first-order valence-electron chi connectivity index (χ1n) is 7.13. The van der Waals surface area contributed by atoms with Gasteiger partial charge in [-0.25, -0.2) is 4.79 Å². The van der Waals surface area contributed by atoms with Gasteiger partial charge in [0.15, 0.2) is 0 Å². The van der Waals surface area contributed by atoms with Crippen LogP contribution >= 0.6 is 11.6 Å². The first-order valence-corrected chi connectivity index (χ1v) is 7.51. The quantitative estimate of drug-likeness (QED) is 0.799. The van der Waals surface area contributed by atoms with Crippen LogP contribution < -0.4 is 10.6 Å². The molecule has 0 saturated heterocycles. The largest absolute Gasteiger partial charge is 0.445 e. The highest BCUT2D eigenvalue weighted by atomic mass is 35.5. The third kappa shape index (κ3) is 6.00. The zero-order valence-electron chi connectivity index (χ0n) is 12.4. The number of halogens is 1. The second kappa shape index (κ2) is 8.80. The highest BCUT2D eigenvalue weighted by Gasteiger charge is 2.06. The summed E-state index contributed by atoms with van der Waals surface area (Å²) in [6, 6.07) is 16.0. The molecule has 0 spiro atoms. The number of hydrogen-bond acceptors (Lipinski definition) is 3. The van der Waals surface area contributed by atoms with Crippen LogP contribution in [0.2, 0.25) is 5.02 Å². The van der Waals surface area contributed by atoms with Crippen LogP contribution in [0.1, 0.15) is 15.9 Å². The zero-order chi connectivity index (χ0) is 16.5. The van der Waals surface area contributed by atoms with E-state index in [0.717, 1.165) is 5.56 Å². The topological polar surface area (TPSA) is 67.4 Å². The summed E-state index contributed by atoms with van der Waals surface area (Å²) in [4.78, 5) is 23.4. The Balaban J connectivity index is 1.63. The third-order valence-corrected chi connectivity index (χ3v) is 3.21. The van der Waals surface area contributed by atoms with Gasteiger partial charge in [-0.15, -0.1) is 0 Å². The number of benzene rings is 2. The Morgan fingerprint density at radius 1 is 0.957 bits per heavy atom. The maximum atomic E-state index is 11.8. The first kappa shape index (κ1) is 16.8. The minimum Gasteiger partial charge on any atom is -0.445 e. The molecule has 2 amide bonds. The molecule has 0 aliphatic rings. The maximum Gasteiger partial charge on any atom is 0.407 e. The maximum absolute atomic E-state index is 11.8. The van der Waals surface area contributed by atoms with Gasteiger partial charge < -0.3 is 15.4 Å². The molecule has 2 aromatic carbocycles. The smallest absolute Gasteiger partial charge is 0.407 e. The van der Waals surface area contributed by atoms with Crippen LogP contribution in [0, 0.1) is 0 Å². The Morgan fingerprint density at radius 2 is 1.70 bits per heavy atom. The van der Waals surface area contributed by atoms with Gasteiger partial charge in [-0.1, -0.05) is 48.0 Å². The van der Waals surface area contributed by atoms with E-state index in [4.69, 9.17) is 16.3 Å². The predicted octanol–water partition coefficient (Wildman–Crippen LogP) is 3.00. The van der Waals surface area contributed by atoms with E-state index < -0.39 is 6.09 Å². The zero-order valence-corrected chi connectivity index (χ0v) is 13.2.